The van der Waals surface area contributed by atoms with Crippen molar-refractivity contribution in [3.63, 3.8) is 0 Å². The molecule has 0 aromatic rings. The Bertz CT molecular complexity index is 156. The maximum atomic E-state index is 10.6. The molecule has 4 heteroatoms. The topological polar surface area (TPSA) is 69.6 Å². The van der Waals surface area contributed by atoms with Crippen LogP contribution in [0.3, 0.4) is 0 Å². The minimum absolute atomic E-state index is 0.00551. The molecule has 70 valence electrons. The van der Waals surface area contributed by atoms with Crippen LogP contribution in [0.5, 0.6) is 0 Å². The Kier molecular flexibility index (Phi) is 3.49. The molecular weight excluding hydrogens is 158 g/mol. The van der Waals surface area contributed by atoms with E-state index in [0.29, 0.717) is 18.9 Å². The summed E-state index contributed by atoms with van der Waals surface area (Å²) in [5, 5.41) is 20.0. The maximum Gasteiger partial charge on any atom is 0.320 e. The summed E-state index contributed by atoms with van der Waals surface area (Å²) in [6.07, 6.45) is 3.02. The molecule has 1 saturated carbocycles. The average Bonchev–Trinajstić information content (AvgIpc) is 2.80. The lowest BCUT2D eigenvalue weighted by atomic mass is 10.1. The second-order valence-corrected chi connectivity index (χ2v) is 3.25. The van der Waals surface area contributed by atoms with Gasteiger partial charge in [-0.05, 0) is 12.3 Å². The van der Waals surface area contributed by atoms with Crippen LogP contribution < -0.4 is 5.32 Å². The van der Waals surface area contributed by atoms with Gasteiger partial charge in [-0.2, -0.15) is 0 Å². The van der Waals surface area contributed by atoms with Crippen molar-refractivity contribution in [2.45, 2.75) is 25.3 Å². The smallest absolute Gasteiger partial charge is 0.320 e. The van der Waals surface area contributed by atoms with Gasteiger partial charge in [0.05, 0.1) is 6.61 Å². The molecule has 1 unspecified atom stereocenters. The molecule has 0 radical (unpaired) electrons. The molecule has 1 aliphatic carbocycles. The first kappa shape index (κ1) is 9.48. The second-order valence-electron chi connectivity index (χ2n) is 3.25. The zero-order chi connectivity index (χ0) is 8.97. The lowest BCUT2D eigenvalue weighted by molar-refractivity contribution is -0.139. The van der Waals surface area contributed by atoms with Gasteiger partial charge >= 0.3 is 5.97 Å². The predicted octanol–water partition coefficient (Wildman–Crippen LogP) is -0.178. The summed E-state index contributed by atoms with van der Waals surface area (Å²) >= 11 is 0. The summed E-state index contributed by atoms with van der Waals surface area (Å²) in [4.78, 5) is 10.6. The van der Waals surface area contributed by atoms with E-state index in [2.05, 4.69) is 5.32 Å². The number of rotatable bonds is 6. The fourth-order valence-electron chi connectivity index (χ4n) is 1.20. The van der Waals surface area contributed by atoms with Crippen LogP contribution in [0.4, 0.5) is 0 Å². The van der Waals surface area contributed by atoms with Crippen LogP contribution in [0.1, 0.15) is 19.3 Å². The Morgan fingerprint density at radius 1 is 1.58 bits per heavy atom. The molecule has 3 N–H and O–H groups in total. The van der Waals surface area contributed by atoms with Gasteiger partial charge in [-0.25, -0.2) is 0 Å². The van der Waals surface area contributed by atoms with Crippen molar-refractivity contribution in [1.82, 2.24) is 5.32 Å². The van der Waals surface area contributed by atoms with E-state index in [1.165, 1.54) is 0 Å². The fourth-order valence-corrected chi connectivity index (χ4v) is 1.20. The number of hydrogen-bond acceptors (Lipinski definition) is 3. The number of aliphatic hydroxyl groups is 1. The molecule has 0 saturated heterocycles. The van der Waals surface area contributed by atoms with Gasteiger partial charge in [0, 0.05) is 6.54 Å². The van der Waals surface area contributed by atoms with E-state index in [1.807, 2.05) is 0 Å². The molecule has 4 nitrogen and oxygen atoms in total. The van der Waals surface area contributed by atoms with E-state index in [1.54, 1.807) is 0 Å². The largest absolute Gasteiger partial charge is 0.480 e. The third-order valence-electron chi connectivity index (χ3n) is 2.07. The molecule has 1 aliphatic rings. The molecule has 1 rings (SSSR count). The number of carboxylic acid groups (broad SMARTS) is 1. The van der Waals surface area contributed by atoms with Crippen LogP contribution in [-0.4, -0.2) is 35.4 Å². The highest BCUT2D eigenvalue weighted by atomic mass is 16.4. The summed E-state index contributed by atoms with van der Waals surface area (Å²) in [7, 11) is 0. The monoisotopic (exact) mass is 173 g/mol. The highest BCUT2D eigenvalue weighted by Crippen LogP contribution is 2.33. The molecule has 12 heavy (non-hydrogen) atoms. The molecule has 0 aromatic heterocycles. The van der Waals surface area contributed by atoms with Crippen LogP contribution in [-0.2, 0) is 4.79 Å². The summed E-state index contributed by atoms with van der Waals surface area (Å²) in [6, 6.07) is -0.468. The lowest BCUT2D eigenvalue weighted by Gasteiger charge is -2.12. The third kappa shape index (κ3) is 3.19. The molecule has 0 heterocycles. The van der Waals surface area contributed by atoms with Crippen LogP contribution in [0.15, 0.2) is 0 Å². The quantitative estimate of drug-likeness (QED) is 0.521. The average molecular weight is 173 g/mol. The highest BCUT2D eigenvalue weighted by Gasteiger charge is 2.28. The molecule has 0 aromatic carbocycles. The number of hydrogen-bond donors (Lipinski definition) is 3. The minimum Gasteiger partial charge on any atom is -0.480 e. The zero-order valence-corrected chi connectivity index (χ0v) is 6.99. The summed E-state index contributed by atoms with van der Waals surface area (Å²) < 4.78 is 0. The van der Waals surface area contributed by atoms with Crippen molar-refractivity contribution in [2.24, 2.45) is 5.92 Å². The number of carbonyl (C=O) groups is 1. The Hall–Kier alpha value is -0.610. The van der Waals surface area contributed by atoms with Crippen LogP contribution in [0.25, 0.3) is 0 Å². The van der Waals surface area contributed by atoms with Crippen molar-refractivity contribution in [3.8, 4) is 0 Å². The first-order chi connectivity index (χ1) is 5.74. The van der Waals surface area contributed by atoms with E-state index < -0.39 is 12.0 Å². The van der Waals surface area contributed by atoms with Gasteiger partial charge < -0.3 is 15.5 Å². The van der Waals surface area contributed by atoms with E-state index >= 15 is 0 Å². The van der Waals surface area contributed by atoms with E-state index in [4.69, 9.17) is 10.2 Å². The van der Waals surface area contributed by atoms with Crippen molar-refractivity contribution in [2.75, 3.05) is 13.2 Å². The Balaban J connectivity index is 2.21. The Morgan fingerprint density at radius 3 is 2.67 bits per heavy atom. The van der Waals surface area contributed by atoms with Gasteiger partial charge in [0.1, 0.15) is 6.04 Å². The number of aliphatic carboxylic acids is 1. The number of aliphatic hydroxyl groups excluding tert-OH is 1. The first-order valence-electron chi connectivity index (χ1n) is 4.31. The maximum absolute atomic E-state index is 10.6. The van der Waals surface area contributed by atoms with E-state index in [9.17, 15) is 4.79 Å². The molecule has 0 amide bonds. The van der Waals surface area contributed by atoms with Crippen molar-refractivity contribution < 1.29 is 15.0 Å². The van der Waals surface area contributed by atoms with Crippen molar-refractivity contribution in [3.05, 3.63) is 0 Å². The van der Waals surface area contributed by atoms with E-state index in [-0.39, 0.29) is 6.61 Å². The molecule has 1 atom stereocenters. The van der Waals surface area contributed by atoms with Gasteiger partial charge in [0.25, 0.3) is 0 Å². The molecule has 0 aliphatic heterocycles. The summed E-state index contributed by atoms with van der Waals surface area (Å²) in [5.41, 5.74) is 0. The standard InChI is InChI=1S/C8H15NO3/c10-4-3-9-7(8(11)12)5-6-1-2-6/h6-7,9-10H,1-5H2,(H,11,12). The first-order valence-corrected chi connectivity index (χ1v) is 4.31. The third-order valence-corrected chi connectivity index (χ3v) is 2.07. The van der Waals surface area contributed by atoms with Crippen LogP contribution in [0, 0.1) is 5.92 Å². The van der Waals surface area contributed by atoms with Crippen LogP contribution in [0.2, 0.25) is 0 Å². The normalized spacial score (nSPS) is 19.1. The molecule has 1 fully saturated rings. The van der Waals surface area contributed by atoms with Gasteiger partial charge in [0.2, 0.25) is 0 Å². The SMILES string of the molecule is O=C(O)C(CC1CC1)NCCO. The van der Waals surface area contributed by atoms with Crippen molar-refractivity contribution in [1.29, 1.82) is 0 Å². The van der Waals surface area contributed by atoms with Gasteiger partial charge in [-0.3, -0.25) is 4.79 Å². The predicted molar refractivity (Wildman–Crippen MR) is 43.9 cm³/mol. The highest BCUT2D eigenvalue weighted by molar-refractivity contribution is 5.73. The van der Waals surface area contributed by atoms with Gasteiger partial charge in [-0.15, -0.1) is 0 Å². The fraction of sp³-hybridized carbons (Fsp3) is 0.875. The number of nitrogens with one attached hydrogen (secondary N) is 1. The van der Waals surface area contributed by atoms with E-state index in [0.717, 1.165) is 12.8 Å². The summed E-state index contributed by atoms with van der Waals surface area (Å²) in [6.45, 7) is 0.359. The van der Waals surface area contributed by atoms with Gasteiger partial charge in [0.15, 0.2) is 0 Å². The zero-order valence-electron chi connectivity index (χ0n) is 6.99. The Morgan fingerprint density at radius 2 is 2.25 bits per heavy atom. The molecular formula is C8H15NO3. The molecule has 0 spiro atoms. The lowest BCUT2D eigenvalue weighted by Crippen LogP contribution is -2.38. The minimum atomic E-state index is -0.810. The number of carboxylic acids is 1. The molecule has 0 bridgehead atoms. The Labute approximate surface area is 71.6 Å². The van der Waals surface area contributed by atoms with Crippen molar-refractivity contribution >= 4 is 5.97 Å². The van der Waals surface area contributed by atoms with Gasteiger partial charge in [-0.1, -0.05) is 12.8 Å². The van der Waals surface area contributed by atoms with Crippen LogP contribution >= 0.6 is 0 Å². The second kappa shape index (κ2) is 4.42. The summed E-state index contributed by atoms with van der Waals surface area (Å²) in [5.74, 6) is -0.215.